The van der Waals surface area contributed by atoms with Crippen LogP contribution in [-0.2, 0) is 20.9 Å². The molecule has 1 atom stereocenters. The van der Waals surface area contributed by atoms with Crippen molar-refractivity contribution in [2.75, 3.05) is 0 Å². The second-order valence-corrected chi connectivity index (χ2v) is 5.55. The lowest BCUT2D eigenvalue weighted by molar-refractivity contribution is -0.156. The molecule has 1 amide bonds. The average Bonchev–Trinajstić information content (AvgIpc) is 2.41. The summed E-state index contributed by atoms with van der Waals surface area (Å²) >= 11 is 0. The van der Waals surface area contributed by atoms with Crippen molar-refractivity contribution in [3.05, 3.63) is 42.3 Å². The van der Waals surface area contributed by atoms with Gasteiger partial charge in [0.1, 0.15) is 18.2 Å². The van der Waals surface area contributed by atoms with Gasteiger partial charge in [-0.25, -0.2) is 9.59 Å². The number of rotatable bonds is 5. The largest absolute Gasteiger partial charge is 0.458 e. The molecule has 115 valence electrons. The molecule has 0 saturated carbocycles. The summed E-state index contributed by atoms with van der Waals surface area (Å²) in [7, 11) is 0. The molecule has 1 N–H and O–H groups in total. The van der Waals surface area contributed by atoms with E-state index in [0.717, 1.165) is 5.56 Å². The molecule has 0 fully saturated rings. The third-order valence-electron chi connectivity index (χ3n) is 2.48. The molecule has 5 nitrogen and oxygen atoms in total. The van der Waals surface area contributed by atoms with Crippen LogP contribution in [0.25, 0.3) is 0 Å². The highest BCUT2D eigenvalue weighted by Crippen LogP contribution is 2.09. The van der Waals surface area contributed by atoms with E-state index in [2.05, 4.69) is 5.32 Å². The minimum absolute atomic E-state index is 0.150. The Kier molecular flexibility index (Phi) is 6.21. The molecule has 0 spiro atoms. The molecule has 1 aromatic rings. The monoisotopic (exact) mass is 292 g/mol. The van der Waals surface area contributed by atoms with Crippen LogP contribution in [0.1, 0.15) is 33.3 Å². The quantitative estimate of drug-likeness (QED) is 0.848. The summed E-state index contributed by atoms with van der Waals surface area (Å²) < 4.78 is 10.3. The van der Waals surface area contributed by atoms with Gasteiger partial charge in [0.05, 0.1) is 0 Å². The van der Waals surface area contributed by atoms with Gasteiger partial charge in [0.15, 0.2) is 0 Å². The SMILES string of the molecule is C[CH][C@H](NC(=O)OCc1ccccc1)C(=O)OC(C)(C)C. The number of amides is 1. The van der Waals surface area contributed by atoms with Gasteiger partial charge in [-0.2, -0.15) is 0 Å². The Balaban J connectivity index is 2.45. The molecule has 0 unspecified atom stereocenters. The van der Waals surface area contributed by atoms with Crippen LogP contribution in [0.4, 0.5) is 4.79 Å². The Morgan fingerprint density at radius 1 is 1.24 bits per heavy atom. The van der Waals surface area contributed by atoms with Crippen LogP contribution >= 0.6 is 0 Å². The van der Waals surface area contributed by atoms with Gasteiger partial charge in [-0.15, -0.1) is 0 Å². The molecule has 1 aromatic carbocycles. The first-order valence-electron chi connectivity index (χ1n) is 6.81. The summed E-state index contributed by atoms with van der Waals surface area (Å²) in [6, 6.07) is 8.48. The van der Waals surface area contributed by atoms with Crippen LogP contribution in [-0.4, -0.2) is 23.7 Å². The molecule has 0 bridgehead atoms. The summed E-state index contributed by atoms with van der Waals surface area (Å²) in [4.78, 5) is 23.6. The Bertz CT molecular complexity index is 465. The lowest BCUT2D eigenvalue weighted by Crippen LogP contribution is -2.44. The smallest absolute Gasteiger partial charge is 0.408 e. The maximum Gasteiger partial charge on any atom is 0.408 e. The standard InChI is InChI=1S/C16H22NO4/c1-5-13(14(18)21-16(2,3)4)17-15(19)20-11-12-9-7-6-8-10-12/h5-10,13H,11H2,1-4H3,(H,17,19)/t13-/m0/s1. The van der Waals surface area contributed by atoms with E-state index >= 15 is 0 Å². The zero-order valence-electron chi connectivity index (χ0n) is 12.9. The predicted octanol–water partition coefficient (Wildman–Crippen LogP) is 2.85. The molecule has 1 rings (SSSR count). The van der Waals surface area contributed by atoms with E-state index in [1.54, 1.807) is 34.1 Å². The lowest BCUT2D eigenvalue weighted by atomic mass is 10.1. The highest BCUT2D eigenvalue weighted by molar-refractivity contribution is 5.82. The summed E-state index contributed by atoms with van der Waals surface area (Å²) in [6.07, 6.45) is 0.894. The van der Waals surface area contributed by atoms with Gasteiger partial charge in [-0.1, -0.05) is 37.3 Å². The minimum atomic E-state index is -0.826. The second-order valence-electron chi connectivity index (χ2n) is 5.55. The van der Waals surface area contributed by atoms with Crippen molar-refractivity contribution in [1.82, 2.24) is 5.32 Å². The van der Waals surface area contributed by atoms with E-state index in [1.165, 1.54) is 0 Å². The number of hydrogen-bond acceptors (Lipinski definition) is 4. The molecule has 1 radical (unpaired) electrons. The molecular weight excluding hydrogens is 270 g/mol. The second kappa shape index (κ2) is 7.67. The van der Waals surface area contributed by atoms with Crippen molar-refractivity contribution in [2.45, 2.75) is 45.9 Å². The number of carbonyl (C=O) groups excluding carboxylic acids is 2. The Morgan fingerprint density at radius 3 is 2.38 bits per heavy atom. The number of hydrogen-bond donors (Lipinski definition) is 1. The highest BCUT2D eigenvalue weighted by Gasteiger charge is 2.25. The fourth-order valence-electron chi connectivity index (χ4n) is 1.54. The number of esters is 1. The number of ether oxygens (including phenoxy) is 2. The van der Waals surface area contributed by atoms with Crippen molar-refractivity contribution in [3.63, 3.8) is 0 Å². The van der Waals surface area contributed by atoms with Crippen molar-refractivity contribution in [2.24, 2.45) is 0 Å². The molecule has 0 aliphatic carbocycles. The fraction of sp³-hybridized carbons (Fsp3) is 0.438. The highest BCUT2D eigenvalue weighted by atomic mass is 16.6. The number of alkyl carbamates (subject to hydrolysis) is 1. The van der Waals surface area contributed by atoms with Crippen LogP contribution in [0.5, 0.6) is 0 Å². The van der Waals surface area contributed by atoms with Gasteiger partial charge >= 0.3 is 12.1 Å². The first-order chi connectivity index (χ1) is 9.81. The van der Waals surface area contributed by atoms with E-state index in [9.17, 15) is 9.59 Å². The Morgan fingerprint density at radius 2 is 1.86 bits per heavy atom. The molecule has 0 aliphatic heterocycles. The van der Waals surface area contributed by atoms with Crippen LogP contribution in [0.3, 0.4) is 0 Å². The molecule has 0 aliphatic rings. The zero-order chi connectivity index (χ0) is 15.9. The third-order valence-corrected chi connectivity index (χ3v) is 2.48. The minimum Gasteiger partial charge on any atom is -0.458 e. The Labute approximate surface area is 125 Å². The summed E-state index contributed by atoms with van der Waals surface area (Å²) in [5, 5.41) is 2.47. The number of carbonyl (C=O) groups is 2. The summed E-state index contributed by atoms with van der Waals surface area (Å²) in [6.45, 7) is 7.13. The maximum atomic E-state index is 11.9. The first-order valence-corrected chi connectivity index (χ1v) is 6.81. The van der Waals surface area contributed by atoms with E-state index in [0.29, 0.717) is 0 Å². The van der Waals surface area contributed by atoms with E-state index in [-0.39, 0.29) is 6.61 Å². The van der Waals surface area contributed by atoms with Gasteiger partial charge in [0, 0.05) is 0 Å². The molecule has 21 heavy (non-hydrogen) atoms. The van der Waals surface area contributed by atoms with Gasteiger partial charge < -0.3 is 14.8 Å². The van der Waals surface area contributed by atoms with E-state index < -0.39 is 23.7 Å². The summed E-state index contributed by atoms with van der Waals surface area (Å²) in [5.41, 5.74) is 0.274. The molecule has 0 heterocycles. The van der Waals surface area contributed by atoms with E-state index in [4.69, 9.17) is 9.47 Å². The van der Waals surface area contributed by atoms with Crippen molar-refractivity contribution >= 4 is 12.1 Å². The third kappa shape index (κ3) is 6.79. The Hall–Kier alpha value is -2.04. The molecule has 5 heteroatoms. The van der Waals surface area contributed by atoms with Gasteiger partial charge in [-0.3, -0.25) is 0 Å². The summed E-state index contributed by atoms with van der Waals surface area (Å²) in [5.74, 6) is -0.512. The molecular formula is C16H22NO4. The molecule has 0 saturated heterocycles. The van der Waals surface area contributed by atoms with Crippen molar-refractivity contribution < 1.29 is 19.1 Å². The van der Waals surface area contributed by atoms with Crippen LogP contribution in [0, 0.1) is 6.42 Å². The van der Waals surface area contributed by atoms with E-state index in [1.807, 2.05) is 30.3 Å². The number of benzene rings is 1. The van der Waals surface area contributed by atoms with Gasteiger partial charge in [0.2, 0.25) is 0 Å². The normalized spacial score (nSPS) is 12.4. The van der Waals surface area contributed by atoms with Gasteiger partial charge in [0.25, 0.3) is 0 Å². The molecule has 0 aromatic heterocycles. The zero-order valence-corrected chi connectivity index (χ0v) is 12.9. The predicted molar refractivity (Wildman–Crippen MR) is 79.4 cm³/mol. The first kappa shape index (κ1) is 17.0. The average molecular weight is 292 g/mol. The van der Waals surface area contributed by atoms with Crippen LogP contribution < -0.4 is 5.32 Å². The number of nitrogens with one attached hydrogen (secondary N) is 1. The van der Waals surface area contributed by atoms with Crippen LogP contribution in [0.15, 0.2) is 30.3 Å². The topological polar surface area (TPSA) is 64.6 Å². The lowest BCUT2D eigenvalue weighted by Gasteiger charge is -2.23. The maximum absolute atomic E-state index is 11.9. The van der Waals surface area contributed by atoms with Crippen LogP contribution in [0.2, 0.25) is 0 Å². The van der Waals surface area contributed by atoms with Gasteiger partial charge in [-0.05, 0) is 32.8 Å². The van der Waals surface area contributed by atoms with Crippen molar-refractivity contribution in [3.8, 4) is 0 Å². The fourth-order valence-corrected chi connectivity index (χ4v) is 1.54. The van der Waals surface area contributed by atoms with Crippen molar-refractivity contribution in [1.29, 1.82) is 0 Å².